The van der Waals surface area contributed by atoms with Crippen molar-refractivity contribution >= 4 is 28.6 Å². The molecule has 0 saturated carbocycles. The van der Waals surface area contributed by atoms with Gasteiger partial charge in [0.2, 0.25) is 0 Å². The molecule has 0 aliphatic carbocycles. The van der Waals surface area contributed by atoms with Gasteiger partial charge in [0.25, 0.3) is 0 Å². The fourth-order valence-electron chi connectivity index (χ4n) is 1.46. The van der Waals surface area contributed by atoms with Crippen molar-refractivity contribution in [1.82, 2.24) is 4.98 Å². The first-order chi connectivity index (χ1) is 7.22. The number of aryl methyl sites for hydroxylation is 1. The van der Waals surface area contributed by atoms with Gasteiger partial charge in [-0.2, -0.15) is 0 Å². The van der Waals surface area contributed by atoms with E-state index in [9.17, 15) is 0 Å². The number of anilines is 1. The molecule has 0 amide bonds. The summed E-state index contributed by atoms with van der Waals surface area (Å²) in [5, 5.41) is 6.77. The van der Waals surface area contributed by atoms with E-state index in [0.29, 0.717) is 0 Å². The first-order valence-electron chi connectivity index (χ1n) is 4.60. The van der Waals surface area contributed by atoms with Crippen LogP contribution in [0.2, 0.25) is 5.02 Å². The molecule has 0 radical (unpaired) electrons. The highest BCUT2D eigenvalue weighted by molar-refractivity contribution is 7.13. The highest BCUT2D eigenvalue weighted by Gasteiger charge is 2.08. The summed E-state index contributed by atoms with van der Waals surface area (Å²) in [4.78, 5) is 4.28. The minimum atomic E-state index is 0.730. The highest BCUT2D eigenvalue weighted by atomic mass is 35.5. The summed E-state index contributed by atoms with van der Waals surface area (Å²) in [7, 11) is 1.86. The summed E-state index contributed by atoms with van der Waals surface area (Å²) in [6.45, 7) is 2.06. The number of rotatable bonds is 2. The van der Waals surface area contributed by atoms with Crippen molar-refractivity contribution in [2.24, 2.45) is 0 Å². The predicted octanol–water partition coefficient (Wildman–Crippen LogP) is 3.81. The fourth-order valence-corrected chi connectivity index (χ4v) is 2.44. The molecule has 4 heteroatoms. The van der Waals surface area contributed by atoms with Gasteiger partial charge in [0.05, 0.1) is 10.7 Å². The van der Waals surface area contributed by atoms with E-state index >= 15 is 0 Å². The summed E-state index contributed by atoms with van der Waals surface area (Å²) in [6, 6.07) is 4.00. The van der Waals surface area contributed by atoms with E-state index in [1.54, 1.807) is 17.5 Å². The van der Waals surface area contributed by atoms with Gasteiger partial charge in [0.15, 0.2) is 0 Å². The zero-order valence-electron chi connectivity index (χ0n) is 8.54. The molecule has 15 heavy (non-hydrogen) atoms. The Bertz CT molecular complexity index is 466. The molecule has 0 atom stereocenters. The number of benzene rings is 1. The first kappa shape index (κ1) is 10.5. The Kier molecular flexibility index (Phi) is 2.93. The second-order valence-corrected chi connectivity index (χ2v) is 4.54. The number of nitrogens with zero attached hydrogens (tertiary/aromatic N) is 1. The Balaban J connectivity index is 2.55. The quantitative estimate of drug-likeness (QED) is 0.861. The van der Waals surface area contributed by atoms with Crippen LogP contribution in [0, 0.1) is 6.92 Å². The standard InChI is InChI=1S/C11H11ClN2S/c1-7-5-10(13-2)9(12)6-8(7)11-14-3-4-15-11/h3-6,13H,1-2H3. The van der Waals surface area contributed by atoms with Crippen LogP contribution in [0.5, 0.6) is 0 Å². The van der Waals surface area contributed by atoms with Crippen molar-refractivity contribution in [2.75, 3.05) is 12.4 Å². The molecule has 2 aromatic rings. The monoisotopic (exact) mass is 238 g/mol. The van der Waals surface area contributed by atoms with Gasteiger partial charge < -0.3 is 5.32 Å². The summed E-state index contributed by atoms with van der Waals surface area (Å²) < 4.78 is 0. The first-order valence-corrected chi connectivity index (χ1v) is 5.86. The maximum absolute atomic E-state index is 6.13. The van der Waals surface area contributed by atoms with Crippen molar-refractivity contribution in [3.05, 3.63) is 34.3 Å². The molecule has 0 spiro atoms. The minimum Gasteiger partial charge on any atom is -0.387 e. The summed E-state index contributed by atoms with van der Waals surface area (Å²) in [5.41, 5.74) is 3.24. The predicted molar refractivity (Wildman–Crippen MR) is 66.8 cm³/mol. The normalized spacial score (nSPS) is 10.3. The Hall–Kier alpha value is -1.06. The smallest absolute Gasteiger partial charge is 0.123 e. The van der Waals surface area contributed by atoms with E-state index < -0.39 is 0 Å². The van der Waals surface area contributed by atoms with Gasteiger partial charge in [-0.3, -0.25) is 0 Å². The molecular formula is C11H11ClN2S. The number of thiazole rings is 1. The molecule has 78 valence electrons. The lowest BCUT2D eigenvalue weighted by Crippen LogP contribution is -1.92. The van der Waals surface area contributed by atoms with E-state index in [-0.39, 0.29) is 0 Å². The number of halogens is 1. The lowest BCUT2D eigenvalue weighted by atomic mass is 10.1. The molecule has 0 saturated heterocycles. The molecule has 1 N–H and O–H groups in total. The van der Waals surface area contributed by atoms with Crippen LogP contribution >= 0.6 is 22.9 Å². The zero-order valence-corrected chi connectivity index (χ0v) is 10.1. The van der Waals surface area contributed by atoms with Crippen LogP contribution in [-0.2, 0) is 0 Å². The second-order valence-electron chi connectivity index (χ2n) is 3.23. The third-order valence-corrected chi connectivity index (χ3v) is 3.37. The molecule has 1 heterocycles. The summed E-state index contributed by atoms with van der Waals surface area (Å²) in [5.74, 6) is 0. The van der Waals surface area contributed by atoms with Crippen LogP contribution in [0.1, 0.15) is 5.56 Å². The molecule has 0 fully saturated rings. The van der Waals surface area contributed by atoms with Gasteiger partial charge >= 0.3 is 0 Å². The van der Waals surface area contributed by atoms with Crippen LogP contribution in [-0.4, -0.2) is 12.0 Å². The van der Waals surface area contributed by atoms with Gasteiger partial charge in [-0.25, -0.2) is 4.98 Å². The average Bonchev–Trinajstić information content (AvgIpc) is 2.74. The van der Waals surface area contributed by atoms with Crippen LogP contribution in [0.25, 0.3) is 10.6 Å². The van der Waals surface area contributed by atoms with Crippen molar-refractivity contribution in [3.63, 3.8) is 0 Å². The fraction of sp³-hybridized carbons (Fsp3) is 0.182. The molecular weight excluding hydrogens is 228 g/mol. The van der Waals surface area contributed by atoms with Crippen molar-refractivity contribution in [2.45, 2.75) is 6.92 Å². The Labute approximate surface area is 97.9 Å². The van der Waals surface area contributed by atoms with E-state index in [1.807, 2.05) is 24.6 Å². The lowest BCUT2D eigenvalue weighted by molar-refractivity contribution is 1.37. The van der Waals surface area contributed by atoms with Crippen molar-refractivity contribution < 1.29 is 0 Å². The maximum atomic E-state index is 6.13. The topological polar surface area (TPSA) is 24.9 Å². The zero-order chi connectivity index (χ0) is 10.8. The minimum absolute atomic E-state index is 0.730. The van der Waals surface area contributed by atoms with Gasteiger partial charge in [0, 0.05) is 24.2 Å². The van der Waals surface area contributed by atoms with E-state index in [4.69, 9.17) is 11.6 Å². The van der Waals surface area contributed by atoms with Crippen LogP contribution in [0.3, 0.4) is 0 Å². The maximum Gasteiger partial charge on any atom is 0.123 e. The third-order valence-electron chi connectivity index (χ3n) is 2.25. The van der Waals surface area contributed by atoms with Gasteiger partial charge in [-0.1, -0.05) is 11.6 Å². The summed E-state index contributed by atoms with van der Waals surface area (Å²) in [6.07, 6.45) is 1.80. The third kappa shape index (κ3) is 1.98. The van der Waals surface area contributed by atoms with Crippen LogP contribution in [0.15, 0.2) is 23.7 Å². The molecule has 2 nitrogen and oxygen atoms in total. The van der Waals surface area contributed by atoms with E-state index in [0.717, 1.165) is 21.3 Å². The number of aromatic nitrogens is 1. The second kappa shape index (κ2) is 4.21. The van der Waals surface area contributed by atoms with Gasteiger partial charge in [0.1, 0.15) is 5.01 Å². The van der Waals surface area contributed by atoms with Gasteiger partial charge in [-0.05, 0) is 24.6 Å². The SMILES string of the molecule is CNc1cc(C)c(-c2nccs2)cc1Cl. The number of nitrogens with one attached hydrogen (secondary N) is 1. The molecule has 0 unspecified atom stereocenters. The largest absolute Gasteiger partial charge is 0.387 e. The molecule has 1 aromatic heterocycles. The molecule has 0 bridgehead atoms. The van der Waals surface area contributed by atoms with Crippen LogP contribution < -0.4 is 5.32 Å². The number of hydrogen-bond donors (Lipinski definition) is 1. The van der Waals surface area contributed by atoms with Crippen LogP contribution in [0.4, 0.5) is 5.69 Å². The van der Waals surface area contributed by atoms with Gasteiger partial charge in [-0.15, -0.1) is 11.3 Å². The summed E-state index contributed by atoms with van der Waals surface area (Å²) >= 11 is 7.75. The lowest BCUT2D eigenvalue weighted by Gasteiger charge is -2.08. The van der Waals surface area contributed by atoms with Crippen molar-refractivity contribution in [1.29, 1.82) is 0 Å². The Morgan fingerprint density at radius 1 is 1.40 bits per heavy atom. The molecule has 2 rings (SSSR count). The van der Waals surface area contributed by atoms with Crippen molar-refractivity contribution in [3.8, 4) is 10.6 Å². The Morgan fingerprint density at radius 2 is 2.20 bits per heavy atom. The molecule has 0 aliphatic heterocycles. The molecule has 0 aliphatic rings. The Morgan fingerprint density at radius 3 is 2.80 bits per heavy atom. The molecule has 1 aromatic carbocycles. The average molecular weight is 239 g/mol. The van der Waals surface area contributed by atoms with E-state index in [2.05, 4.69) is 17.2 Å². The van der Waals surface area contributed by atoms with E-state index in [1.165, 1.54) is 5.56 Å². The number of hydrogen-bond acceptors (Lipinski definition) is 3. The highest BCUT2D eigenvalue weighted by Crippen LogP contribution is 2.32.